The van der Waals surface area contributed by atoms with Crippen LogP contribution in [0.1, 0.15) is 57.6 Å². The van der Waals surface area contributed by atoms with Crippen LogP contribution in [0, 0.1) is 11.3 Å². The Morgan fingerprint density at radius 1 is 1.16 bits per heavy atom. The van der Waals surface area contributed by atoms with E-state index < -0.39 is 0 Å². The lowest BCUT2D eigenvalue weighted by atomic mass is 9.86. The Labute approximate surface area is 121 Å². The zero-order chi connectivity index (χ0) is 13.5. The van der Waals surface area contributed by atoms with E-state index in [0.717, 1.165) is 10.9 Å². The highest BCUT2D eigenvalue weighted by molar-refractivity contribution is 6.30. The van der Waals surface area contributed by atoms with Crippen molar-refractivity contribution in [3.05, 3.63) is 34.9 Å². The summed E-state index contributed by atoms with van der Waals surface area (Å²) < 4.78 is 0. The number of halogens is 1. The molecule has 0 aliphatic heterocycles. The fourth-order valence-corrected chi connectivity index (χ4v) is 3.58. The summed E-state index contributed by atoms with van der Waals surface area (Å²) in [4.78, 5) is 0. The van der Waals surface area contributed by atoms with Crippen molar-refractivity contribution in [2.75, 3.05) is 0 Å². The Balaban J connectivity index is 1.76. The quantitative estimate of drug-likeness (QED) is 0.820. The van der Waals surface area contributed by atoms with Gasteiger partial charge in [0.25, 0.3) is 0 Å². The molecule has 2 saturated carbocycles. The minimum absolute atomic E-state index is 0.444. The lowest BCUT2D eigenvalue weighted by Gasteiger charge is -2.32. The van der Waals surface area contributed by atoms with Crippen LogP contribution in [-0.2, 0) is 0 Å². The third kappa shape index (κ3) is 2.98. The first-order valence-electron chi connectivity index (χ1n) is 7.58. The largest absolute Gasteiger partial charge is 0.306 e. The maximum absolute atomic E-state index is 6.01. The molecule has 2 unspecified atom stereocenters. The molecule has 0 aromatic heterocycles. The summed E-state index contributed by atoms with van der Waals surface area (Å²) in [6.07, 6.45) is 6.77. The molecule has 19 heavy (non-hydrogen) atoms. The van der Waals surface area contributed by atoms with E-state index in [1.807, 2.05) is 12.1 Å². The molecule has 0 spiro atoms. The number of hydrogen-bond acceptors (Lipinski definition) is 1. The summed E-state index contributed by atoms with van der Waals surface area (Å²) in [7, 11) is 0. The summed E-state index contributed by atoms with van der Waals surface area (Å²) in [5.74, 6) is 0.831. The van der Waals surface area contributed by atoms with Crippen molar-refractivity contribution in [1.29, 1.82) is 0 Å². The van der Waals surface area contributed by atoms with E-state index >= 15 is 0 Å². The summed E-state index contributed by atoms with van der Waals surface area (Å²) in [5, 5.41) is 4.79. The SMILES string of the molecule is CC1(C)CCCC1NC(c1ccc(Cl)cc1)C1CC1. The standard InChI is InChI=1S/C17H24ClN/c1-17(2)11-3-4-15(17)19-16(12-5-6-12)13-7-9-14(18)10-8-13/h7-10,12,15-16,19H,3-6,11H2,1-2H3. The van der Waals surface area contributed by atoms with Crippen LogP contribution in [0.15, 0.2) is 24.3 Å². The third-order valence-corrected chi connectivity index (χ3v) is 5.21. The zero-order valence-corrected chi connectivity index (χ0v) is 12.7. The molecule has 0 amide bonds. The predicted molar refractivity (Wildman–Crippen MR) is 81.5 cm³/mol. The molecule has 2 atom stereocenters. The van der Waals surface area contributed by atoms with Crippen LogP contribution in [0.25, 0.3) is 0 Å². The van der Waals surface area contributed by atoms with E-state index in [9.17, 15) is 0 Å². The fourth-order valence-electron chi connectivity index (χ4n) is 3.46. The van der Waals surface area contributed by atoms with Crippen LogP contribution in [0.4, 0.5) is 0 Å². The van der Waals surface area contributed by atoms with E-state index in [-0.39, 0.29) is 0 Å². The van der Waals surface area contributed by atoms with Crippen molar-refractivity contribution in [3.63, 3.8) is 0 Å². The number of benzene rings is 1. The molecular formula is C17H24ClN. The van der Waals surface area contributed by atoms with Crippen LogP contribution in [-0.4, -0.2) is 6.04 Å². The molecule has 2 aliphatic rings. The Bertz CT molecular complexity index is 433. The topological polar surface area (TPSA) is 12.0 Å². The van der Waals surface area contributed by atoms with Gasteiger partial charge in [0.15, 0.2) is 0 Å². The van der Waals surface area contributed by atoms with E-state index in [0.29, 0.717) is 17.5 Å². The van der Waals surface area contributed by atoms with Gasteiger partial charge in [0, 0.05) is 17.1 Å². The summed E-state index contributed by atoms with van der Waals surface area (Å²) in [6.45, 7) is 4.81. The van der Waals surface area contributed by atoms with Crippen LogP contribution >= 0.6 is 11.6 Å². The Morgan fingerprint density at radius 3 is 2.37 bits per heavy atom. The van der Waals surface area contributed by atoms with Crippen LogP contribution in [0.2, 0.25) is 5.02 Å². The molecule has 3 rings (SSSR count). The van der Waals surface area contributed by atoms with Gasteiger partial charge in [-0.25, -0.2) is 0 Å². The minimum atomic E-state index is 0.444. The minimum Gasteiger partial charge on any atom is -0.306 e. The van der Waals surface area contributed by atoms with Crippen molar-refractivity contribution in [3.8, 4) is 0 Å². The van der Waals surface area contributed by atoms with E-state index in [4.69, 9.17) is 11.6 Å². The van der Waals surface area contributed by atoms with Crippen LogP contribution in [0.3, 0.4) is 0 Å². The average molecular weight is 278 g/mol. The molecule has 1 nitrogen and oxygen atoms in total. The van der Waals surface area contributed by atoms with E-state index in [1.54, 1.807) is 0 Å². The molecule has 2 fully saturated rings. The van der Waals surface area contributed by atoms with Gasteiger partial charge in [-0.3, -0.25) is 0 Å². The highest BCUT2D eigenvalue weighted by Gasteiger charge is 2.39. The first kappa shape index (κ1) is 13.5. The molecule has 1 aromatic rings. The molecule has 1 N–H and O–H groups in total. The van der Waals surface area contributed by atoms with Gasteiger partial charge in [0.05, 0.1) is 0 Å². The third-order valence-electron chi connectivity index (χ3n) is 4.96. The van der Waals surface area contributed by atoms with E-state index in [2.05, 4.69) is 31.3 Å². The second kappa shape index (κ2) is 5.10. The molecule has 2 heteroatoms. The highest BCUT2D eigenvalue weighted by Crippen LogP contribution is 2.45. The number of rotatable bonds is 4. The maximum atomic E-state index is 6.01. The van der Waals surface area contributed by atoms with Gasteiger partial charge in [-0.15, -0.1) is 0 Å². The maximum Gasteiger partial charge on any atom is 0.0406 e. The number of nitrogens with one attached hydrogen (secondary N) is 1. The number of hydrogen-bond donors (Lipinski definition) is 1. The lowest BCUT2D eigenvalue weighted by molar-refractivity contribution is 0.252. The molecule has 1 aromatic carbocycles. The van der Waals surface area contributed by atoms with E-state index in [1.165, 1.54) is 37.7 Å². The Morgan fingerprint density at radius 2 is 1.84 bits per heavy atom. The van der Waals surface area contributed by atoms with Gasteiger partial charge < -0.3 is 5.32 Å². The summed E-state index contributed by atoms with van der Waals surface area (Å²) in [6, 6.07) is 9.62. The first-order chi connectivity index (χ1) is 9.06. The predicted octanol–water partition coefficient (Wildman–Crippen LogP) is 4.96. The molecule has 0 saturated heterocycles. The zero-order valence-electron chi connectivity index (χ0n) is 12.0. The second-order valence-electron chi connectivity index (χ2n) is 6.97. The average Bonchev–Trinajstić information content (AvgIpc) is 3.14. The molecule has 0 radical (unpaired) electrons. The van der Waals surface area contributed by atoms with Gasteiger partial charge in [-0.1, -0.05) is 44.0 Å². The smallest absolute Gasteiger partial charge is 0.0406 e. The monoisotopic (exact) mass is 277 g/mol. The summed E-state index contributed by atoms with van der Waals surface area (Å²) >= 11 is 6.01. The highest BCUT2D eigenvalue weighted by atomic mass is 35.5. The van der Waals surface area contributed by atoms with Gasteiger partial charge in [0.1, 0.15) is 0 Å². The summed E-state index contributed by atoms with van der Waals surface area (Å²) in [5.41, 5.74) is 1.86. The van der Waals surface area contributed by atoms with Crippen molar-refractivity contribution in [2.45, 2.75) is 58.0 Å². The van der Waals surface area contributed by atoms with Crippen molar-refractivity contribution in [2.24, 2.45) is 11.3 Å². The normalized spacial score (nSPS) is 27.4. The molecule has 2 aliphatic carbocycles. The Kier molecular flexibility index (Phi) is 3.61. The molecule has 0 heterocycles. The van der Waals surface area contributed by atoms with Crippen molar-refractivity contribution in [1.82, 2.24) is 5.32 Å². The molecular weight excluding hydrogens is 254 g/mol. The first-order valence-corrected chi connectivity index (χ1v) is 7.95. The molecule has 104 valence electrons. The van der Waals surface area contributed by atoms with Crippen molar-refractivity contribution >= 4 is 11.6 Å². The van der Waals surface area contributed by atoms with Gasteiger partial charge >= 0.3 is 0 Å². The fraction of sp³-hybridized carbons (Fsp3) is 0.647. The van der Waals surface area contributed by atoms with Crippen LogP contribution in [0.5, 0.6) is 0 Å². The second-order valence-corrected chi connectivity index (χ2v) is 7.40. The lowest BCUT2D eigenvalue weighted by Crippen LogP contribution is -2.40. The van der Waals surface area contributed by atoms with Gasteiger partial charge in [-0.2, -0.15) is 0 Å². The van der Waals surface area contributed by atoms with Gasteiger partial charge in [-0.05, 0) is 54.7 Å². The molecule has 0 bridgehead atoms. The van der Waals surface area contributed by atoms with Gasteiger partial charge in [0.2, 0.25) is 0 Å². The van der Waals surface area contributed by atoms with Crippen LogP contribution < -0.4 is 5.32 Å². The van der Waals surface area contributed by atoms with Crippen molar-refractivity contribution < 1.29 is 0 Å². The Hall–Kier alpha value is -0.530.